The zero-order chi connectivity index (χ0) is 15.2. The number of carbonyl (C=O) groups is 1. The van der Waals surface area contributed by atoms with Crippen LogP contribution in [0.15, 0.2) is 10.7 Å². The van der Waals surface area contributed by atoms with Crippen LogP contribution in [0.2, 0.25) is 0 Å². The average molecular weight is 318 g/mol. The van der Waals surface area contributed by atoms with Gasteiger partial charge < -0.3 is 15.2 Å². The van der Waals surface area contributed by atoms with E-state index < -0.39 is 17.8 Å². The normalized spacial score (nSPS) is 15.1. The number of amides is 1. The van der Waals surface area contributed by atoms with Crippen molar-refractivity contribution in [3.63, 3.8) is 0 Å². The van der Waals surface area contributed by atoms with Crippen molar-refractivity contribution in [3.8, 4) is 0 Å². The molecule has 1 aliphatic rings. The number of primary amides is 1. The van der Waals surface area contributed by atoms with Gasteiger partial charge in [-0.25, -0.2) is 4.98 Å². The van der Waals surface area contributed by atoms with Crippen molar-refractivity contribution in [1.29, 1.82) is 0 Å². The maximum absolute atomic E-state index is 12.8. The average Bonchev–Trinajstić information content (AvgIpc) is 3.04. The van der Waals surface area contributed by atoms with Gasteiger partial charge in [0.2, 0.25) is 0 Å². The van der Waals surface area contributed by atoms with E-state index in [1.165, 1.54) is 6.20 Å². The van der Waals surface area contributed by atoms with Gasteiger partial charge in [0.05, 0.1) is 12.7 Å². The maximum Gasteiger partial charge on any atom is 0.437 e. The van der Waals surface area contributed by atoms with Crippen LogP contribution in [-0.2, 0) is 19.1 Å². The number of carbonyl (C=O) groups excluding carboxylic acids is 1. The number of nitrogens with zero attached hydrogens (tertiary/aromatic N) is 3. The Morgan fingerprint density at radius 3 is 2.86 bits per heavy atom. The predicted octanol–water partition coefficient (Wildman–Crippen LogP) is 1.81. The highest BCUT2D eigenvalue weighted by atomic mass is 32.1. The number of nitrogens with two attached hydrogens (primary N) is 1. The zero-order valence-corrected chi connectivity index (χ0v) is 11.3. The minimum Gasteiger partial charge on any atom is -0.365 e. The Morgan fingerprint density at radius 1 is 1.48 bits per heavy atom. The lowest BCUT2D eigenvalue weighted by Crippen LogP contribution is -2.30. The molecular weight excluding hydrogens is 309 g/mol. The first kappa shape index (κ1) is 13.9. The molecule has 0 bridgehead atoms. The van der Waals surface area contributed by atoms with Gasteiger partial charge in [0.1, 0.15) is 10.6 Å². The molecule has 1 amide bonds. The lowest BCUT2D eigenvalue weighted by atomic mass is 10.1. The van der Waals surface area contributed by atoms with Gasteiger partial charge in [-0.3, -0.25) is 4.79 Å². The summed E-state index contributed by atoms with van der Waals surface area (Å²) >= 11 is 1.05. The highest BCUT2D eigenvalue weighted by molar-refractivity contribution is 7.17. The van der Waals surface area contributed by atoms with E-state index in [2.05, 4.69) is 10.1 Å². The van der Waals surface area contributed by atoms with Gasteiger partial charge in [-0.1, -0.05) is 16.5 Å². The van der Waals surface area contributed by atoms with Crippen LogP contribution in [0.1, 0.15) is 26.7 Å². The highest BCUT2D eigenvalue weighted by Crippen LogP contribution is 2.36. The van der Waals surface area contributed by atoms with Gasteiger partial charge >= 0.3 is 6.18 Å². The van der Waals surface area contributed by atoms with E-state index in [0.29, 0.717) is 18.1 Å². The smallest absolute Gasteiger partial charge is 0.365 e. The van der Waals surface area contributed by atoms with Crippen molar-refractivity contribution in [3.05, 3.63) is 28.1 Å². The second-order valence-corrected chi connectivity index (χ2v) is 5.48. The molecule has 0 saturated heterocycles. The third-order valence-electron chi connectivity index (χ3n) is 3.10. The Labute approximate surface area is 120 Å². The van der Waals surface area contributed by atoms with Gasteiger partial charge in [0.25, 0.3) is 5.91 Å². The lowest BCUT2D eigenvalue weighted by Gasteiger charge is -2.25. The summed E-state index contributed by atoms with van der Waals surface area (Å²) < 4.78 is 43.3. The SMILES string of the molecule is NC(=O)c1cnc(N2CCc3onc(C(F)(F)F)c3C2)s1. The number of hydrogen-bond donors (Lipinski definition) is 1. The molecule has 2 aromatic rings. The van der Waals surface area contributed by atoms with Crippen molar-refractivity contribution in [1.82, 2.24) is 10.1 Å². The van der Waals surface area contributed by atoms with Crippen LogP contribution < -0.4 is 10.6 Å². The number of rotatable bonds is 2. The lowest BCUT2D eigenvalue weighted by molar-refractivity contribution is -0.143. The van der Waals surface area contributed by atoms with Gasteiger partial charge in [-0.05, 0) is 0 Å². The first-order valence-corrected chi connectivity index (χ1v) is 6.73. The van der Waals surface area contributed by atoms with Gasteiger partial charge in [-0.2, -0.15) is 13.2 Å². The summed E-state index contributed by atoms with van der Waals surface area (Å²) in [6.07, 6.45) is -2.94. The van der Waals surface area contributed by atoms with E-state index in [9.17, 15) is 18.0 Å². The third-order valence-corrected chi connectivity index (χ3v) is 4.18. The van der Waals surface area contributed by atoms with E-state index in [1.54, 1.807) is 4.90 Å². The first-order chi connectivity index (χ1) is 9.86. The van der Waals surface area contributed by atoms with Crippen molar-refractivity contribution < 1.29 is 22.5 Å². The fourth-order valence-corrected chi connectivity index (χ4v) is 2.91. The number of aromatic nitrogens is 2. The van der Waals surface area contributed by atoms with E-state index in [4.69, 9.17) is 10.3 Å². The van der Waals surface area contributed by atoms with Gasteiger partial charge in [0, 0.05) is 18.5 Å². The molecule has 1 aliphatic heterocycles. The Kier molecular flexibility index (Phi) is 3.12. The molecule has 2 aromatic heterocycles. The second-order valence-electron chi connectivity index (χ2n) is 4.47. The molecule has 3 heterocycles. The van der Waals surface area contributed by atoms with Crippen LogP contribution in [0.3, 0.4) is 0 Å². The Balaban J connectivity index is 1.89. The predicted molar refractivity (Wildman–Crippen MR) is 66.9 cm³/mol. The molecule has 0 aliphatic carbocycles. The fourth-order valence-electron chi connectivity index (χ4n) is 2.12. The molecule has 0 atom stereocenters. The molecule has 0 aromatic carbocycles. The largest absolute Gasteiger partial charge is 0.437 e. The summed E-state index contributed by atoms with van der Waals surface area (Å²) in [7, 11) is 0. The van der Waals surface area contributed by atoms with Crippen molar-refractivity contribution in [2.24, 2.45) is 5.73 Å². The van der Waals surface area contributed by atoms with Crippen LogP contribution in [0.25, 0.3) is 0 Å². The number of fused-ring (bicyclic) bond motifs is 1. The number of halogens is 3. The molecule has 2 N–H and O–H groups in total. The molecule has 0 fully saturated rings. The summed E-state index contributed by atoms with van der Waals surface area (Å²) in [5.41, 5.74) is 4.15. The minimum atomic E-state index is -4.55. The summed E-state index contributed by atoms with van der Waals surface area (Å²) in [6, 6.07) is 0. The minimum absolute atomic E-state index is 0.0145. The van der Waals surface area contributed by atoms with Crippen molar-refractivity contribution >= 4 is 22.4 Å². The topological polar surface area (TPSA) is 85.3 Å². The number of anilines is 1. The summed E-state index contributed by atoms with van der Waals surface area (Å²) in [4.78, 5) is 17.0. The molecule has 21 heavy (non-hydrogen) atoms. The van der Waals surface area contributed by atoms with Crippen LogP contribution in [-0.4, -0.2) is 22.6 Å². The number of thiazole rings is 1. The first-order valence-electron chi connectivity index (χ1n) is 5.91. The van der Waals surface area contributed by atoms with Crippen LogP contribution in [0.4, 0.5) is 18.3 Å². The summed E-state index contributed by atoms with van der Waals surface area (Å²) in [6.45, 7) is 0.421. The zero-order valence-electron chi connectivity index (χ0n) is 10.5. The number of hydrogen-bond acceptors (Lipinski definition) is 6. The highest BCUT2D eigenvalue weighted by Gasteiger charge is 2.41. The van der Waals surface area contributed by atoms with Crippen molar-refractivity contribution in [2.75, 3.05) is 11.4 Å². The fraction of sp³-hybridized carbons (Fsp3) is 0.364. The molecule has 0 unspecified atom stereocenters. The monoisotopic (exact) mass is 318 g/mol. The molecule has 0 spiro atoms. The third kappa shape index (κ3) is 2.46. The summed E-state index contributed by atoms with van der Waals surface area (Å²) in [5, 5.41) is 3.56. The van der Waals surface area contributed by atoms with Crippen LogP contribution in [0.5, 0.6) is 0 Å². The van der Waals surface area contributed by atoms with Gasteiger partial charge in [0.15, 0.2) is 10.8 Å². The molecular formula is C11H9F3N4O2S. The Bertz CT molecular complexity index is 694. The second kappa shape index (κ2) is 4.72. The quantitative estimate of drug-likeness (QED) is 0.913. The van der Waals surface area contributed by atoms with Crippen LogP contribution >= 0.6 is 11.3 Å². The molecule has 0 saturated carbocycles. The van der Waals surface area contributed by atoms with E-state index >= 15 is 0 Å². The van der Waals surface area contributed by atoms with Gasteiger partial charge in [-0.15, -0.1) is 0 Å². The molecule has 6 nitrogen and oxygen atoms in total. The molecule has 3 rings (SSSR count). The molecule has 0 radical (unpaired) electrons. The van der Waals surface area contributed by atoms with E-state index in [-0.39, 0.29) is 22.7 Å². The number of alkyl halides is 3. The standard InChI is InChI=1S/C11H9F3N4O2S/c12-11(13,14)8-5-4-18(2-1-6(5)20-17-8)10-16-3-7(21-10)9(15)19/h3H,1-2,4H2,(H2,15,19). The van der Waals surface area contributed by atoms with Crippen molar-refractivity contribution in [2.45, 2.75) is 19.1 Å². The summed E-state index contributed by atoms with van der Waals surface area (Å²) in [5.74, 6) is -0.373. The van der Waals surface area contributed by atoms with E-state index in [1.807, 2.05) is 0 Å². The Morgan fingerprint density at radius 2 is 2.24 bits per heavy atom. The maximum atomic E-state index is 12.8. The Hall–Kier alpha value is -2.10. The van der Waals surface area contributed by atoms with E-state index in [0.717, 1.165) is 11.3 Å². The van der Waals surface area contributed by atoms with Crippen LogP contribution in [0, 0.1) is 0 Å². The molecule has 10 heteroatoms. The molecule has 112 valence electrons.